The Labute approximate surface area is 336 Å². The maximum Gasteiger partial charge on any atom is 0.0431 e. The van der Waals surface area contributed by atoms with E-state index in [2.05, 4.69) is 6.92 Å². The number of hydrogen-bond acceptors (Lipinski definition) is 1. The maximum absolute atomic E-state index is 8.84. The predicted molar refractivity (Wildman–Crippen MR) is 239 cm³/mol. The number of rotatable bonds is 46. The highest BCUT2D eigenvalue weighted by molar-refractivity contribution is 4.86. The minimum atomic E-state index is 0.377. The van der Waals surface area contributed by atoms with Gasteiger partial charge in [0.05, 0.1) is 0 Å². The van der Waals surface area contributed by atoms with E-state index in [1.807, 2.05) is 0 Å². The molecular weight excluding hydrogens is 641 g/mol. The number of aliphatic hydroxyl groups is 1. The van der Waals surface area contributed by atoms with E-state index < -0.39 is 0 Å². The Morgan fingerprint density at radius 3 is 0.604 bits per heavy atom. The zero-order chi connectivity index (χ0) is 37.5. The van der Waals surface area contributed by atoms with Crippen molar-refractivity contribution in [3.8, 4) is 0 Å². The Kier molecular flexibility index (Phi) is 36.0. The van der Waals surface area contributed by atoms with Crippen molar-refractivity contribution >= 4 is 0 Å². The Balaban J connectivity index is 1.16. The molecule has 1 N–H and O–H groups in total. The van der Waals surface area contributed by atoms with Gasteiger partial charge in [0, 0.05) is 6.61 Å². The average Bonchev–Trinajstić information content (AvgIpc) is 4.10. The van der Waals surface area contributed by atoms with Crippen LogP contribution in [0.3, 0.4) is 0 Å². The quantitative estimate of drug-likeness (QED) is 0.0616. The van der Waals surface area contributed by atoms with Crippen LogP contribution < -0.4 is 0 Å². The lowest BCUT2D eigenvalue weighted by Gasteiger charge is -2.05. The Morgan fingerprint density at radius 1 is 0.245 bits per heavy atom. The molecule has 4 atom stereocenters. The Hall–Kier alpha value is -0.0400. The van der Waals surface area contributed by atoms with Crippen LogP contribution in [0, 0.1) is 23.7 Å². The monoisotopic (exact) mass is 743 g/mol. The van der Waals surface area contributed by atoms with Crippen molar-refractivity contribution in [3.63, 3.8) is 0 Å². The van der Waals surface area contributed by atoms with Crippen LogP contribution in [-0.2, 0) is 0 Å². The second-order valence-electron chi connectivity index (χ2n) is 19.2. The lowest BCUT2D eigenvalue weighted by atomic mass is 10.0. The number of aliphatic hydroxyl groups excluding tert-OH is 1. The third kappa shape index (κ3) is 33.8. The summed E-state index contributed by atoms with van der Waals surface area (Å²) >= 11 is 0. The zero-order valence-electron chi connectivity index (χ0n) is 37.0. The van der Waals surface area contributed by atoms with Gasteiger partial charge >= 0.3 is 0 Å². The average molecular weight is 743 g/mol. The van der Waals surface area contributed by atoms with E-state index in [-0.39, 0.29) is 0 Å². The van der Waals surface area contributed by atoms with Crippen LogP contribution >= 0.6 is 0 Å². The summed E-state index contributed by atoms with van der Waals surface area (Å²) in [5.74, 6) is 4.48. The van der Waals surface area contributed by atoms with Gasteiger partial charge in [0.2, 0.25) is 0 Å². The summed E-state index contributed by atoms with van der Waals surface area (Å²) in [7, 11) is 0. The molecule has 1 heteroatoms. The van der Waals surface area contributed by atoms with Crippen molar-refractivity contribution < 1.29 is 5.11 Å². The summed E-state index contributed by atoms with van der Waals surface area (Å²) < 4.78 is 0. The first-order valence-electron chi connectivity index (χ1n) is 26.0. The molecule has 0 heterocycles. The molecule has 2 fully saturated rings. The molecule has 4 unspecified atom stereocenters. The van der Waals surface area contributed by atoms with E-state index in [0.717, 1.165) is 30.1 Å². The van der Waals surface area contributed by atoms with Gasteiger partial charge in [0.15, 0.2) is 0 Å². The van der Waals surface area contributed by atoms with Gasteiger partial charge in [0.1, 0.15) is 0 Å². The van der Waals surface area contributed by atoms with Gasteiger partial charge < -0.3 is 5.11 Å². The van der Waals surface area contributed by atoms with Gasteiger partial charge in [-0.15, -0.1) is 0 Å². The second-order valence-corrected chi connectivity index (χ2v) is 19.2. The van der Waals surface area contributed by atoms with Crippen LogP contribution in [0.25, 0.3) is 0 Å². The smallest absolute Gasteiger partial charge is 0.0431 e. The molecule has 0 aromatic heterocycles. The van der Waals surface area contributed by atoms with E-state index in [4.69, 9.17) is 5.11 Å². The molecule has 0 aromatic rings. The largest absolute Gasteiger partial charge is 0.396 e. The molecule has 2 rings (SSSR count). The summed E-state index contributed by atoms with van der Waals surface area (Å²) in [6, 6.07) is 0. The number of unbranched alkanes of at least 4 members (excludes halogenated alkanes) is 37. The van der Waals surface area contributed by atoms with Crippen molar-refractivity contribution in [1.29, 1.82) is 0 Å². The van der Waals surface area contributed by atoms with Crippen LogP contribution in [0.4, 0.5) is 0 Å². The molecule has 2 saturated carbocycles. The lowest BCUT2D eigenvalue weighted by molar-refractivity contribution is 0.282. The first kappa shape index (κ1) is 49.1. The Morgan fingerprint density at radius 2 is 0.415 bits per heavy atom. The van der Waals surface area contributed by atoms with E-state index in [0.29, 0.717) is 6.61 Å². The van der Waals surface area contributed by atoms with Crippen LogP contribution in [0.2, 0.25) is 0 Å². The van der Waals surface area contributed by atoms with Crippen LogP contribution in [0.1, 0.15) is 302 Å². The first-order valence-corrected chi connectivity index (χ1v) is 26.0. The molecule has 0 aromatic carbocycles. The number of hydrogen-bond donors (Lipinski definition) is 1. The lowest BCUT2D eigenvalue weighted by Crippen LogP contribution is -1.88. The highest BCUT2D eigenvalue weighted by Gasteiger charge is 2.35. The van der Waals surface area contributed by atoms with Gasteiger partial charge in [-0.2, -0.15) is 0 Å². The maximum atomic E-state index is 8.84. The van der Waals surface area contributed by atoms with Gasteiger partial charge in [0.25, 0.3) is 0 Å². The molecule has 0 saturated heterocycles. The summed E-state index contributed by atoms with van der Waals surface area (Å²) in [5, 5.41) is 8.84. The van der Waals surface area contributed by atoms with Crippen molar-refractivity contribution in [3.05, 3.63) is 0 Å². The van der Waals surface area contributed by atoms with E-state index >= 15 is 0 Å². The van der Waals surface area contributed by atoms with Gasteiger partial charge in [-0.3, -0.25) is 0 Å². The van der Waals surface area contributed by atoms with Crippen LogP contribution in [-0.4, -0.2) is 11.7 Å². The third-order valence-corrected chi connectivity index (χ3v) is 13.9. The summed E-state index contributed by atoms with van der Waals surface area (Å²) in [4.78, 5) is 0. The van der Waals surface area contributed by atoms with Crippen LogP contribution in [0.15, 0.2) is 0 Å². The fourth-order valence-electron chi connectivity index (χ4n) is 9.86. The van der Waals surface area contributed by atoms with Gasteiger partial charge in [-0.1, -0.05) is 283 Å². The molecule has 0 spiro atoms. The minimum absolute atomic E-state index is 0.377. The van der Waals surface area contributed by atoms with Gasteiger partial charge in [-0.05, 0) is 42.9 Å². The SMILES string of the molecule is CCCCCCCCCCCCCCCCCCCCC1CC1CCCCCCCCCCCCCCC1CC1CCCCCCCCCCCCO. The third-order valence-electron chi connectivity index (χ3n) is 13.9. The Bertz CT molecular complexity index is 701. The van der Waals surface area contributed by atoms with Gasteiger partial charge in [-0.25, -0.2) is 0 Å². The van der Waals surface area contributed by atoms with Crippen molar-refractivity contribution in [1.82, 2.24) is 0 Å². The minimum Gasteiger partial charge on any atom is -0.396 e. The summed E-state index contributed by atoms with van der Waals surface area (Å²) in [6.45, 7) is 2.69. The molecule has 53 heavy (non-hydrogen) atoms. The van der Waals surface area contributed by atoms with Crippen LogP contribution in [0.5, 0.6) is 0 Å². The molecule has 2 aliphatic carbocycles. The second kappa shape index (κ2) is 38.8. The molecule has 2 aliphatic rings. The fraction of sp³-hybridized carbons (Fsp3) is 1.00. The van der Waals surface area contributed by atoms with E-state index in [1.54, 1.807) is 32.1 Å². The highest BCUT2D eigenvalue weighted by atomic mass is 16.2. The molecule has 1 nitrogen and oxygen atoms in total. The molecular formula is C52H102O. The van der Waals surface area contributed by atoms with Crippen molar-refractivity contribution in [2.75, 3.05) is 6.61 Å². The molecule has 316 valence electrons. The van der Waals surface area contributed by atoms with Crippen molar-refractivity contribution in [2.45, 2.75) is 302 Å². The topological polar surface area (TPSA) is 20.2 Å². The molecule has 0 aliphatic heterocycles. The summed E-state index contributed by atoms with van der Waals surface area (Å²) in [5.41, 5.74) is 0. The first-order chi connectivity index (χ1) is 26.3. The molecule has 0 radical (unpaired) electrons. The fourth-order valence-corrected chi connectivity index (χ4v) is 9.86. The summed E-state index contributed by atoms with van der Waals surface area (Å²) in [6.07, 6.45) is 67.8. The normalized spacial score (nSPS) is 19.4. The molecule has 0 bridgehead atoms. The zero-order valence-corrected chi connectivity index (χ0v) is 37.0. The highest BCUT2D eigenvalue weighted by Crippen LogP contribution is 2.46. The predicted octanol–water partition coefficient (Wildman–Crippen LogP) is 18.4. The van der Waals surface area contributed by atoms with E-state index in [9.17, 15) is 0 Å². The van der Waals surface area contributed by atoms with E-state index in [1.165, 1.54) is 257 Å². The van der Waals surface area contributed by atoms with Crippen molar-refractivity contribution in [2.24, 2.45) is 23.7 Å². The standard InChI is InChI=1S/C52H102O/c1-2-3-4-5-6-7-8-9-10-11-12-13-14-17-22-27-32-37-42-49-47-50(49)43-38-33-28-23-18-15-16-19-24-29-34-39-44-51-48-52(51)45-40-35-30-25-20-21-26-31-36-41-46-53/h49-53H,2-48H2,1H3. The molecule has 0 amide bonds.